The zero-order valence-electron chi connectivity index (χ0n) is 10.4. The zero-order chi connectivity index (χ0) is 13.3. The van der Waals surface area contributed by atoms with Gasteiger partial charge in [-0.1, -0.05) is 6.07 Å². The Morgan fingerprint density at radius 3 is 2.28 bits per heavy atom. The molecule has 1 aromatic carbocycles. The molecule has 1 aliphatic heterocycles. The standard InChI is InChI=1S/C12H14N2O4/c1-12(10(15)13-11(16)14-12)7-4-5-8(17-2)9(6-7)18-3/h4-6H,1-3H3,(H2,13,14,15,16)/t12-/m0/s1. The molecule has 1 aliphatic rings. The Labute approximate surface area is 104 Å². The molecule has 1 heterocycles. The van der Waals surface area contributed by atoms with Crippen LogP contribution < -0.4 is 20.1 Å². The van der Waals surface area contributed by atoms with Crippen LogP contribution in [0.5, 0.6) is 11.5 Å². The number of nitrogens with one attached hydrogen (secondary N) is 2. The van der Waals surface area contributed by atoms with Gasteiger partial charge in [0, 0.05) is 0 Å². The molecule has 0 radical (unpaired) electrons. The van der Waals surface area contributed by atoms with E-state index < -0.39 is 11.6 Å². The molecule has 2 rings (SSSR count). The molecule has 0 aliphatic carbocycles. The van der Waals surface area contributed by atoms with Gasteiger partial charge in [-0.25, -0.2) is 4.79 Å². The summed E-state index contributed by atoms with van der Waals surface area (Å²) >= 11 is 0. The molecule has 3 amide bonds. The highest BCUT2D eigenvalue weighted by Crippen LogP contribution is 2.33. The Morgan fingerprint density at radius 2 is 1.78 bits per heavy atom. The fraction of sp³-hybridized carbons (Fsp3) is 0.333. The van der Waals surface area contributed by atoms with Gasteiger partial charge < -0.3 is 14.8 Å². The maximum atomic E-state index is 11.8. The van der Waals surface area contributed by atoms with Crippen LogP contribution in [-0.4, -0.2) is 26.2 Å². The minimum absolute atomic E-state index is 0.389. The van der Waals surface area contributed by atoms with Crippen molar-refractivity contribution in [3.8, 4) is 11.5 Å². The smallest absolute Gasteiger partial charge is 0.322 e. The fourth-order valence-corrected chi connectivity index (χ4v) is 1.89. The molecule has 0 aromatic heterocycles. The van der Waals surface area contributed by atoms with E-state index in [1.165, 1.54) is 14.2 Å². The summed E-state index contributed by atoms with van der Waals surface area (Å²) in [5, 5.41) is 4.80. The van der Waals surface area contributed by atoms with E-state index in [4.69, 9.17) is 9.47 Å². The second kappa shape index (κ2) is 4.21. The highest BCUT2D eigenvalue weighted by molar-refractivity contribution is 6.07. The maximum Gasteiger partial charge on any atom is 0.322 e. The number of urea groups is 1. The summed E-state index contributed by atoms with van der Waals surface area (Å²) in [5.41, 5.74) is -0.458. The average molecular weight is 250 g/mol. The molecule has 0 saturated carbocycles. The first kappa shape index (κ1) is 12.2. The van der Waals surface area contributed by atoms with Gasteiger partial charge in [0.05, 0.1) is 14.2 Å². The number of ether oxygens (including phenoxy) is 2. The van der Waals surface area contributed by atoms with Gasteiger partial charge in [-0.3, -0.25) is 10.1 Å². The molecule has 1 aromatic rings. The van der Waals surface area contributed by atoms with Gasteiger partial charge in [0.15, 0.2) is 11.5 Å². The zero-order valence-corrected chi connectivity index (χ0v) is 10.4. The van der Waals surface area contributed by atoms with Gasteiger partial charge >= 0.3 is 6.03 Å². The van der Waals surface area contributed by atoms with Crippen molar-refractivity contribution in [2.45, 2.75) is 12.5 Å². The number of benzene rings is 1. The molecular formula is C12H14N2O4. The Balaban J connectivity index is 2.45. The van der Waals surface area contributed by atoms with E-state index in [1.807, 2.05) is 0 Å². The van der Waals surface area contributed by atoms with Crippen LogP contribution in [0.2, 0.25) is 0 Å². The Morgan fingerprint density at radius 1 is 1.11 bits per heavy atom. The normalized spacial score (nSPS) is 22.4. The topological polar surface area (TPSA) is 76.7 Å². The minimum atomic E-state index is -1.09. The number of hydrogen-bond acceptors (Lipinski definition) is 4. The third-order valence-corrected chi connectivity index (χ3v) is 3.01. The first-order valence-electron chi connectivity index (χ1n) is 5.37. The van der Waals surface area contributed by atoms with Crippen LogP contribution in [0, 0.1) is 0 Å². The Hall–Kier alpha value is -2.24. The molecule has 0 bridgehead atoms. The Kier molecular flexibility index (Phi) is 2.86. The predicted molar refractivity (Wildman–Crippen MR) is 63.6 cm³/mol. The molecule has 1 fully saturated rings. The van der Waals surface area contributed by atoms with E-state index in [0.29, 0.717) is 17.1 Å². The van der Waals surface area contributed by atoms with Crippen LogP contribution in [0.3, 0.4) is 0 Å². The molecule has 6 nitrogen and oxygen atoms in total. The largest absolute Gasteiger partial charge is 0.493 e. The number of amides is 3. The van der Waals surface area contributed by atoms with Crippen molar-refractivity contribution in [1.82, 2.24) is 10.6 Å². The third-order valence-electron chi connectivity index (χ3n) is 3.01. The number of hydrogen-bond donors (Lipinski definition) is 2. The highest BCUT2D eigenvalue weighted by Gasteiger charge is 2.43. The van der Waals surface area contributed by atoms with Crippen LogP contribution in [0.25, 0.3) is 0 Å². The molecule has 1 atom stereocenters. The lowest BCUT2D eigenvalue weighted by molar-refractivity contribution is -0.123. The van der Waals surface area contributed by atoms with Crippen molar-refractivity contribution >= 4 is 11.9 Å². The van der Waals surface area contributed by atoms with Crippen LogP contribution in [0.1, 0.15) is 12.5 Å². The van der Waals surface area contributed by atoms with Gasteiger partial charge in [-0.15, -0.1) is 0 Å². The van der Waals surface area contributed by atoms with Gasteiger partial charge in [-0.2, -0.15) is 0 Å². The second-order valence-electron chi connectivity index (χ2n) is 4.10. The summed E-state index contributed by atoms with van der Waals surface area (Å²) in [4.78, 5) is 23.0. The van der Waals surface area contributed by atoms with E-state index in [0.717, 1.165) is 0 Å². The van der Waals surface area contributed by atoms with Gasteiger partial charge in [0.25, 0.3) is 5.91 Å². The van der Waals surface area contributed by atoms with E-state index in [2.05, 4.69) is 10.6 Å². The van der Waals surface area contributed by atoms with Crippen LogP contribution in [0.4, 0.5) is 4.79 Å². The van der Waals surface area contributed by atoms with E-state index in [9.17, 15) is 9.59 Å². The monoisotopic (exact) mass is 250 g/mol. The number of methoxy groups -OCH3 is 2. The van der Waals surface area contributed by atoms with Crippen molar-refractivity contribution in [3.05, 3.63) is 23.8 Å². The first-order valence-corrected chi connectivity index (χ1v) is 5.37. The van der Waals surface area contributed by atoms with Crippen LogP contribution >= 0.6 is 0 Å². The van der Waals surface area contributed by atoms with Gasteiger partial charge in [0.1, 0.15) is 5.54 Å². The van der Waals surface area contributed by atoms with Crippen molar-refractivity contribution in [2.24, 2.45) is 0 Å². The maximum absolute atomic E-state index is 11.8. The number of rotatable bonds is 3. The third kappa shape index (κ3) is 1.75. The van der Waals surface area contributed by atoms with E-state index >= 15 is 0 Å². The number of carbonyl (C=O) groups is 2. The second-order valence-corrected chi connectivity index (χ2v) is 4.10. The summed E-state index contributed by atoms with van der Waals surface area (Å²) in [5.74, 6) is 0.680. The molecule has 18 heavy (non-hydrogen) atoms. The van der Waals surface area contributed by atoms with Crippen LogP contribution in [-0.2, 0) is 10.3 Å². The molecule has 96 valence electrons. The molecule has 1 saturated heterocycles. The molecule has 0 spiro atoms. The SMILES string of the molecule is COc1ccc([C@]2(C)NC(=O)NC2=O)cc1OC. The molecule has 0 unspecified atom stereocenters. The summed E-state index contributed by atoms with van der Waals surface area (Å²) in [6.07, 6.45) is 0. The van der Waals surface area contributed by atoms with Crippen molar-refractivity contribution in [1.29, 1.82) is 0 Å². The summed E-state index contributed by atoms with van der Waals surface area (Å²) < 4.78 is 10.3. The lowest BCUT2D eigenvalue weighted by atomic mass is 9.92. The van der Waals surface area contributed by atoms with E-state index in [-0.39, 0.29) is 5.91 Å². The van der Waals surface area contributed by atoms with Gasteiger partial charge in [0.2, 0.25) is 0 Å². The molecular weight excluding hydrogens is 236 g/mol. The lowest BCUT2D eigenvalue weighted by Gasteiger charge is -2.22. The van der Waals surface area contributed by atoms with E-state index in [1.54, 1.807) is 25.1 Å². The summed E-state index contributed by atoms with van der Waals surface area (Å²) in [6, 6.07) is 4.57. The number of carbonyl (C=O) groups excluding carboxylic acids is 2. The van der Waals surface area contributed by atoms with Crippen molar-refractivity contribution in [3.63, 3.8) is 0 Å². The first-order chi connectivity index (χ1) is 8.51. The number of imide groups is 1. The molecule has 6 heteroatoms. The highest BCUT2D eigenvalue weighted by atomic mass is 16.5. The van der Waals surface area contributed by atoms with Crippen molar-refractivity contribution in [2.75, 3.05) is 14.2 Å². The average Bonchev–Trinajstić information content (AvgIpc) is 2.63. The Bertz CT molecular complexity index is 515. The summed E-state index contributed by atoms with van der Waals surface area (Å²) in [6.45, 7) is 1.63. The molecule has 2 N–H and O–H groups in total. The fourth-order valence-electron chi connectivity index (χ4n) is 1.89. The van der Waals surface area contributed by atoms with Crippen LogP contribution in [0.15, 0.2) is 18.2 Å². The quantitative estimate of drug-likeness (QED) is 0.776. The summed E-state index contributed by atoms with van der Waals surface area (Å²) in [7, 11) is 3.04. The predicted octanol–water partition coefficient (Wildman–Crippen LogP) is 0.758. The lowest BCUT2D eigenvalue weighted by Crippen LogP contribution is -2.40. The minimum Gasteiger partial charge on any atom is -0.493 e. The van der Waals surface area contributed by atoms with Crippen molar-refractivity contribution < 1.29 is 19.1 Å². The van der Waals surface area contributed by atoms with Gasteiger partial charge in [-0.05, 0) is 24.6 Å².